The second-order valence-corrected chi connectivity index (χ2v) is 7.77. The van der Waals surface area contributed by atoms with E-state index in [1.807, 2.05) is 11.8 Å². The molecule has 0 bridgehead atoms. The number of hydrogen-bond donors (Lipinski definition) is 2. The van der Waals surface area contributed by atoms with E-state index in [9.17, 15) is 18.0 Å². The van der Waals surface area contributed by atoms with Gasteiger partial charge in [0.1, 0.15) is 0 Å². The third-order valence-electron chi connectivity index (χ3n) is 5.47. The first-order chi connectivity index (χ1) is 13.8. The molecule has 1 saturated heterocycles. The third-order valence-corrected chi connectivity index (χ3v) is 5.47. The van der Waals surface area contributed by atoms with Crippen LogP contribution < -0.4 is 10.6 Å². The Morgan fingerprint density at radius 2 is 2.03 bits per heavy atom. The number of nitrogens with zero attached hydrogens (tertiary/aromatic N) is 4. The Labute approximate surface area is 168 Å². The zero-order chi connectivity index (χ0) is 21.0. The van der Waals surface area contributed by atoms with Gasteiger partial charge in [-0.1, -0.05) is 12.8 Å². The van der Waals surface area contributed by atoms with E-state index in [1.165, 1.54) is 13.2 Å². The Hall–Kier alpha value is -2.26. The van der Waals surface area contributed by atoms with Gasteiger partial charge >= 0.3 is 6.18 Å². The second-order valence-electron chi connectivity index (χ2n) is 7.77. The average molecular weight is 414 g/mol. The number of hydrogen-bond acceptors (Lipinski definition) is 3. The summed E-state index contributed by atoms with van der Waals surface area (Å²) in [5.74, 6) is 0.839. The number of carbonyl (C=O) groups excluding carboxylic acids is 1. The lowest BCUT2D eigenvalue weighted by Crippen LogP contribution is -2.45. The van der Waals surface area contributed by atoms with E-state index in [4.69, 9.17) is 0 Å². The van der Waals surface area contributed by atoms with Crippen LogP contribution in [0.15, 0.2) is 11.2 Å². The van der Waals surface area contributed by atoms with Crippen LogP contribution in [0.4, 0.5) is 13.2 Å². The fourth-order valence-corrected chi connectivity index (χ4v) is 4.08. The molecule has 1 amide bonds. The summed E-state index contributed by atoms with van der Waals surface area (Å²) in [6, 6.07) is 0.0362. The maximum atomic E-state index is 13.1. The van der Waals surface area contributed by atoms with Gasteiger partial charge in [-0.2, -0.15) is 18.3 Å². The van der Waals surface area contributed by atoms with Crippen molar-refractivity contribution in [2.24, 2.45) is 18.0 Å². The van der Waals surface area contributed by atoms with Crippen LogP contribution >= 0.6 is 0 Å². The van der Waals surface area contributed by atoms with E-state index in [-0.39, 0.29) is 30.0 Å². The molecule has 7 nitrogen and oxygen atoms in total. The molecule has 1 aromatic heterocycles. The lowest BCUT2D eigenvalue weighted by molar-refractivity contribution is -0.142. The highest BCUT2D eigenvalue weighted by Crippen LogP contribution is 2.31. The Morgan fingerprint density at radius 3 is 2.69 bits per heavy atom. The summed E-state index contributed by atoms with van der Waals surface area (Å²) in [7, 11) is 1.46. The SMILES string of the molecule is CCNC(=NCc1cn(C)nc1C(F)(F)F)NC1CCN(C(=O)C2CCCC2)C1. The zero-order valence-corrected chi connectivity index (χ0v) is 16.9. The first-order valence-corrected chi connectivity index (χ1v) is 10.2. The number of likely N-dealkylation sites (tertiary alicyclic amines) is 1. The summed E-state index contributed by atoms with van der Waals surface area (Å²) in [5, 5.41) is 9.85. The van der Waals surface area contributed by atoms with Gasteiger partial charge in [-0.05, 0) is 26.2 Å². The number of nitrogens with one attached hydrogen (secondary N) is 2. The normalized spacial score (nSPS) is 21.1. The molecular weight excluding hydrogens is 385 g/mol. The molecule has 1 unspecified atom stereocenters. The minimum Gasteiger partial charge on any atom is -0.357 e. The molecule has 1 saturated carbocycles. The lowest BCUT2D eigenvalue weighted by Gasteiger charge is -2.21. The number of aromatic nitrogens is 2. The monoisotopic (exact) mass is 414 g/mol. The van der Waals surface area contributed by atoms with Gasteiger partial charge in [-0.15, -0.1) is 0 Å². The molecule has 10 heteroatoms. The Bertz CT molecular complexity index is 739. The van der Waals surface area contributed by atoms with Gasteiger partial charge in [0.25, 0.3) is 0 Å². The van der Waals surface area contributed by atoms with Gasteiger partial charge in [0.2, 0.25) is 5.91 Å². The number of aryl methyl sites for hydroxylation is 1. The molecule has 2 N–H and O–H groups in total. The molecule has 3 rings (SSSR count). The molecule has 0 spiro atoms. The van der Waals surface area contributed by atoms with E-state index in [1.54, 1.807) is 0 Å². The van der Waals surface area contributed by atoms with Crippen LogP contribution in [0.3, 0.4) is 0 Å². The van der Waals surface area contributed by atoms with E-state index < -0.39 is 11.9 Å². The number of amides is 1. The van der Waals surface area contributed by atoms with E-state index in [2.05, 4.69) is 20.7 Å². The number of rotatable bonds is 5. The molecule has 0 aromatic carbocycles. The van der Waals surface area contributed by atoms with Crippen LogP contribution in [-0.2, 0) is 24.6 Å². The molecule has 0 radical (unpaired) electrons. The quantitative estimate of drug-likeness (QED) is 0.573. The van der Waals surface area contributed by atoms with Crippen molar-refractivity contribution in [3.05, 3.63) is 17.5 Å². The van der Waals surface area contributed by atoms with Crippen LogP contribution in [0.1, 0.15) is 50.3 Å². The molecule has 2 heterocycles. The molecule has 1 aliphatic heterocycles. The van der Waals surface area contributed by atoms with Crippen molar-refractivity contribution in [1.29, 1.82) is 0 Å². The minimum absolute atomic E-state index is 0.0293. The summed E-state index contributed by atoms with van der Waals surface area (Å²) >= 11 is 0. The highest BCUT2D eigenvalue weighted by molar-refractivity contribution is 5.81. The summed E-state index contributed by atoms with van der Waals surface area (Å²) in [5.41, 5.74) is -0.879. The fraction of sp³-hybridized carbons (Fsp3) is 0.737. The van der Waals surface area contributed by atoms with Gasteiger partial charge in [0, 0.05) is 50.4 Å². The largest absolute Gasteiger partial charge is 0.435 e. The zero-order valence-electron chi connectivity index (χ0n) is 16.9. The summed E-state index contributed by atoms with van der Waals surface area (Å²) in [4.78, 5) is 18.8. The average Bonchev–Trinajstić information content (AvgIpc) is 3.39. The summed E-state index contributed by atoms with van der Waals surface area (Å²) in [6.07, 6.45) is 1.82. The van der Waals surface area contributed by atoms with Crippen LogP contribution in [0.25, 0.3) is 0 Å². The first kappa shape index (κ1) is 21.4. The Balaban J connectivity index is 1.61. The maximum absolute atomic E-state index is 13.1. The highest BCUT2D eigenvalue weighted by atomic mass is 19.4. The predicted molar refractivity (Wildman–Crippen MR) is 103 cm³/mol. The molecule has 162 valence electrons. The van der Waals surface area contributed by atoms with Crippen LogP contribution in [0, 0.1) is 5.92 Å². The minimum atomic E-state index is -4.51. The molecule has 1 aliphatic carbocycles. The van der Waals surface area contributed by atoms with Gasteiger partial charge in [-0.3, -0.25) is 9.48 Å². The van der Waals surface area contributed by atoms with Gasteiger partial charge in [0.15, 0.2) is 11.7 Å². The highest BCUT2D eigenvalue weighted by Gasteiger charge is 2.37. The maximum Gasteiger partial charge on any atom is 0.435 e. The Morgan fingerprint density at radius 1 is 1.31 bits per heavy atom. The van der Waals surface area contributed by atoms with Crippen molar-refractivity contribution >= 4 is 11.9 Å². The number of guanidine groups is 1. The fourth-order valence-electron chi connectivity index (χ4n) is 4.08. The molecule has 2 fully saturated rings. The molecule has 29 heavy (non-hydrogen) atoms. The van der Waals surface area contributed by atoms with Crippen molar-refractivity contribution in [3.63, 3.8) is 0 Å². The van der Waals surface area contributed by atoms with Crippen LogP contribution in [-0.4, -0.2) is 52.2 Å². The molecule has 1 aromatic rings. The van der Waals surface area contributed by atoms with E-state index in [0.717, 1.165) is 36.8 Å². The number of halogens is 3. The second kappa shape index (κ2) is 9.04. The lowest BCUT2D eigenvalue weighted by atomic mass is 10.1. The van der Waals surface area contributed by atoms with Crippen molar-refractivity contribution in [1.82, 2.24) is 25.3 Å². The number of aliphatic imine (C=N–C) groups is 1. The van der Waals surface area contributed by atoms with E-state index in [0.29, 0.717) is 25.6 Å². The van der Waals surface area contributed by atoms with Crippen LogP contribution in [0.5, 0.6) is 0 Å². The standard InChI is InChI=1S/C19H29F3N6O/c1-3-23-18(24-10-14-11-27(2)26-16(14)19(20,21)22)25-15-8-9-28(12-15)17(29)13-6-4-5-7-13/h11,13,15H,3-10,12H2,1-2H3,(H2,23,24,25). The number of carbonyl (C=O) groups is 1. The van der Waals surface area contributed by atoms with Crippen molar-refractivity contribution in [3.8, 4) is 0 Å². The Kier molecular flexibility index (Phi) is 6.69. The molecular formula is C19H29F3N6O. The molecule has 1 atom stereocenters. The van der Waals surface area contributed by atoms with E-state index >= 15 is 0 Å². The van der Waals surface area contributed by atoms with Crippen molar-refractivity contribution in [2.75, 3.05) is 19.6 Å². The summed E-state index contributed by atoms with van der Waals surface area (Å²) < 4.78 is 40.5. The topological polar surface area (TPSA) is 74.6 Å². The van der Waals surface area contributed by atoms with Crippen LogP contribution in [0.2, 0.25) is 0 Å². The van der Waals surface area contributed by atoms with Crippen molar-refractivity contribution < 1.29 is 18.0 Å². The van der Waals surface area contributed by atoms with Gasteiger partial charge < -0.3 is 15.5 Å². The third kappa shape index (κ3) is 5.42. The van der Waals surface area contributed by atoms with Gasteiger partial charge in [-0.25, -0.2) is 4.99 Å². The predicted octanol–water partition coefficient (Wildman–Crippen LogP) is 2.29. The first-order valence-electron chi connectivity index (χ1n) is 10.2. The molecule has 2 aliphatic rings. The number of alkyl halides is 3. The van der Waals surface area contributed by atoms with Crippen molar-refractivity contribution in [2.45, 2.75) is 57.8 Å². The smallest absolute Gasteiger partial charge is 0.357 e. The summed E-state index contributed by atoms with van der Waals surface area (Å²) in [6.45, 7) is 3.65. The van der Waals surface area contributed by atoms with Gasteiger partial charge in [0.05, 0.1) is 6.54 Å².